The lowest BCUT2D eigenvalue weighted by molar-refractivity contribution is -0.136. The Hall–Kier alpha value is -2.82. The van der Waals surface area contributed by atoms with E-state index in [9.17, 15) is 4.79 Å². The molecule has 2 aromatic carbocycles. The average molecular weight is 539 g/mol. The minimum atomic E-state index is -0.842. The van der Waals surface area contributed by atoms with Crippen molar-refractivity contribution >= 4 is 23.2 Å². The number of aliphatic carboxylic acids is 1. The molecule has 2 aromatic rings. The van der Waals surface area contributed by atoms with Gasteiger partial charge in [0.05, 0.1) is 18.2 Å². The SMILES string of the molecule is CC(=Nc1cc(CC(=O)O)c(C)cc1C)Nc1ccc(OC(C)C)cc1.CCC.CCCC1CCCC(C)C1. The third-order valence-electron chi connectivity index (χ3n) is 6.58. The third-order valence-corrected chi connectivity index (χ3v) is 6.58. The Bertz CT molecular complexity index is 1010. The molecule has 39 heavy (non-hydrogen) atoms. The van der Waals surface area contributed by atoms with E-state index in [1.54, 1.807) is 0 Å². The number of nitrogens with one attached hydrogen (secondary N) is 1. The van der Waals surface area contributed by atoms with E-state index in [4.69, 9.17) is 9.84 Å². The maximum absolute atomic E-state index is 11.0. The Kier molecular flexibility index (Phi) is 16.2. The monoisotopic (exact) mass is 538 g/mol. The molecule has 0 aliphatic heterocycles. The summed E-state index contributed by atoms with van der Waals surface area (Å²) in [5.41, 5.74) is 4.45. The Morgan fingerprint density at radius 1 is 1.08 bits per heavy atom. The van der Waals surface area contributed by atoms with Gasteiger partial charge >= 0.3 is 5.97 Å². The molecule has 1 aliphatic carbocycles. The normalized spacial score (nSPS) is 16.9. The first-order valence-electron chi connectivity index (χ1n) is 14.9. The van der Waals surface area contributed by atoms with Crippen molar-refractivity contribution in [3.05, 3.63) is 53.1 Å². The molecule has 1 saturated carbocycles. The number of amidine groups is 1. The molecule has 5 nitrogen and oxygen atoms in total. The maximum atomic E-state index is 11.0. The van der Waals surface area contributed by atoms with Gasteiger partial charge in [-0.05, 0) is 99.9 Å². The highest BCUT2D eigenvalue weighted by Gasteiger charge is 2.17. The molecule has 0 spiro atoms. The van der Waals surface area contributed by atoms with Gasteiger partial charge in [-0.2, -0.15) is 0 Å². The zero-order valence-corrected chi connectivity index (χ0v) is 26.1. The fourth-order valence-corrected chi connectivity index (χ4v) is 4.89. The number of carboxylic acid groups (broad SMARTS) is 1. The smallest absolute Gasteiger partial charge is 0.307 e. The molecule has 1 aliphatic rings. The predicted molar refractivity (Wildman–Crippen MR) is 168 cm³/mol. The quantitative estimate of drug-likeness (QED) is 0.259. The van der Waals surface area contributed by atoms with Crippen LogP contribution in [-0.4, -0.2) is 23.0 Å². The number of carboxylic acids is 1. The topological polar surface area (TPSA) is 70.9 Å². The summed E-state index contributed by atoms with van der Waals surface area (Å²) in [5, 5.41) is 12.3. The summed E-state index contributed by atoms with van der Waals surface area (Å²) >= 11 is 0. The first kappa shape index (κ1) is 34.2. The van der Waals surface area contributed by atoms with Crippen molar-refractivity contribution in [3.8, 4) is 5.75 Å². The summed E-state index contributed by atoms with van der Waals surface area (Å²) in [6.45, 7) is 18.7. The van der Waals surface area contributed by atoms with Gasteiger partial charge in [-0.1, -0.05) is 72.3 Å². The van der Waals surface area contributed by atoms with Crippen LogP contribution in [0, 0.1) is 25.7 Å². The van der Waals surface area contributed by atoms with Gasteiger partial charge in [0.1, 0.15) is 11.6 Å². The van der Waals surface area contributed by atoms with E-state index >= 15 is 0 Å². The lowest BCUT2D eigenvalue weighted by atomic mass is 9.80. The Labute approximate surface area is 238 Å². The molecule has 5 heteroatoms. The molecular weight excluding hydrogens is 484 g/mol. The number of nitrogens with zero attached hydrogens (tertiary/aromatic N) is 1. The summed E-state index contributed by atoms with van der Waals surface area (Å²) in [6, 6.07) is 11.5. The first-order valence-corrected chi connectivity index (χ1v) is 14.9. The lowest BCUT2D eigenvalue weighted by Crippen LogP contribution is -2.12. The van der Waals surface area contributed by atoms with Gasteiger partial charge in [-0.25, -0.2) is 4.99 Å². The van der Waals surface area contributed by atoms with Crippen LogP contribution in [0.4, 0.5) is 11.4 Å². The van der Waals surface area contributed by atoms with Crippen molar-refractivity contribution in [2.75, 3.05) is 5.32 Å². The third kappa shape index (κ3) is 14.2. The lowest BCUT2D eigenvalue weighted by Gasteiger charge is -2.26. The number of carbonyl (C=O) groups is 1. The van der Waals surface area contributed by atoms with Crippen molar-refractivity contribution in [2.45, 2.75) is 120 Å². The minimum absolute atomic E-state index is 0.00156. The van der Waals surface area contributed by atoms with Gasteiger partial charge in [0.15, 0.2) is 0 Å². The molecule has 218 valence electrons. The van der Waals surface area contributed by atoms with Crippen molar-refractivity contribution < 1.29 is 14.6 Å². The number of benzene rings is 2. The van der Waals surface area contributed by atoms with Gasteiger partial charge in [-0.3, -0.25) is 4.79 Å². The largest absolute Gasteiger partial charge is 0.491 e. The maximum Gasteiger partial charge on any atom is 0.307 e. The van der Waals surface area contributed by atoms with Gasteiger partial charge in [0.25, 0.3) is 0 Å². The second-order valence-corrected chi connectivity index (χ2v) is 11.3. The van der Waals surface area contributed by atoms with E-state index in [-0.39, 0.29) is 12.5 Å². The average Bonchev–Trinajstić information content (AvgIpc) is 2.84. The number of hydrogen-bond acceptors (Lipinski definition) is 3. The van der Waals surface area contributed by atoms with E-state index in [0.717, 1.165) is 51.5 Å². The van der Waals surface area contributed by atoms with E-state index < -0.39 is 5.97 Å². The van der Waals surface area contributed by atoms with Gasteiger partial charge in [0, 0.05) is 5.69 Å². The summed E-state index contributed by atoms with van der Waals surface area (Å²) in [6.07, 6.45) is 10.2. The van der Waals surface area contributed by atoms with E-state index in [0.29, 0.717) is 0 Å². The van der Waals surface area contributed by atoms with Gasteiger partial charge in [-0.15, -0.1) is 0 Å². The summed E-state index contributed by atoms with van der Waals surface area (Å²) in [7, 11) is 0. The highest BCUT2D eigenvalue weighted by atomic mass is 16.5. The molecule has 0 aromatic heterocycles. The molecule has 2 N–H and O–H groups in total. The zero-order valence-electron chi connectivity index (χ0n) is 26.1. The van der Waals surface area contributed by atoms with Gasteiger partial charge < -0.3 is 15.2 Å². The van der Waals surface area contributed by atoms with Crippen LogP contribution in [0.15, 0.2) is 41.4 Å². The number of aryl methyl sites for hydroxylation is 2. The summed E-state index contributed by atoms with van der Waals surface area (Å²) < 4.78 is 5.64. The molecule has 3 rings (SSSR count). The number of hydrogen-bond donors (Lipinski definition) is 2. The van der Waals surface area contributed by atoms with E-state index in [1.165, 1.54) is 44.9 Å². The number of ether oxygens (including phenoxy) is 1. The molecule has 2 atom stereocenters. The minimum Gasteiger partial charge on any atom is -0.491 e. The van der Waals surface area contributed by atoms with Crippen molar-refractivity contribution in [1.82, 2.24) is 0 Å². The predicted octanol–water partition coefficient (Wildman–Crippen LogP) is 9.91. The summed E-state index contributed by atoms with van der Waals surface area (Å²) in [4.78, 5) is 15.6. The fraction of sp³-hybridized carbons (Fsp3) is 0.588. The van der Waals surface area contributed by atoms with Crippen LogP contribution in [0.5, 0.6) is 5.75 Å². The summed E-state index contributed by atoms with van der Waals surface area (Å²) in [5.74, 6) is 2.81. The van der Waals surface area contributed by atoms with Crippen LogP contribution in [0.25, 0.3) is 0 Å². The molecule has 0 radical (unpaired) electrons. The molecule has 0 saturated heterocycles. The zero-order chi connectivity index (χ0) is 29.4. The molecule has 0 amide bonds. The molecular formula is C34H54N2O3. The van der Waals surface area contributed by atoms with Crippen LogP contribution >= 0.6 is 0 Å². The van der Waals surface area contributed by atoms with Crippen LogP contribution in [0.2, 0.25) is 0 Å². The molecule has 0 heterocycles. The molecule has 0 bridgehead atoms. The fourth-order valence-electron chi connectivity index (χ4n) is 4.89. The number of rotatable bonds is 8. The van der Waals surface area contributed by atoms with Crippen LogP contribution < -0.4 is 10.1 Å². The van der Waals surface area contributed by atoms with E-state index in [1.807, 2.05) is 71.0 Å². The van der Waals surface area contributed by atoms with Crippen LogP contribution in [0.1, 0.15) is 110 Å². The van der Waals surface area contributed by atoms with Crippen LogP contribution in [-0.2, 0) is 11.2 Å². The highest BCUT2D eigenvalue weighted by Crippen LogP contribution is 2.31. The number of aliphatic imine (C=N–C) groups is 1. The Balaban J connectivity index is 0.000000483. The second kappa shape index (κ2) is 18.5. The molecule has 2 unspecified atom stereocenters. The molecule has 1 fully saturated rings. The van der Waals surface area contributed by atoms with Crippen LogP contribution in [0.3, 0.4) is 0 Å². The standard InChI is InChI=1S/C21H26N2O3.C10H20.C3H8/c1-13(2)26-19-8-6-18(7-9-19)22-16(5)23-20-11-17(12-21(24)25)14(3)10-15(20)4;1-3-5-10-7-4-6-9(2)8-10;1-3-2/h6-11,13H,12H2,1-5H3,(H,22,23)(H,24,25);9-10H,3-8H2,1-2H3;3H2,1-2H3. The number of anilines is 1. The second-order valence-electron chi connectivity index (χ2n) is 11.3. The van der Waals surface area contributed by atoms with Crippen molar-refractivity contribution in [2.24, 2.45) is 16.8 Å². The van der Waals surface area contributed by atoms with Gasteiger partial charge in [0.2, 0.25) is 0 Å². The van der Waals surface area contributed by atoms with Crippen molar-refractivity contribution in [1.29, 1.82) is 0 Å². The first-order chi connectivity index (χ1) is 18.5. The Morgan fingerprint density at radius 2 is 1.72 bits per heavy atom. The Morgan fingerprint density at radius 3 is 2.26 bits per heavy atom. The highest BCUT2D eigenvalue weighted by molar-refractivity contribution is 5.95. The van der Waals surface area contributed by atoms with Crippen molar-refractivity contribution in [3.63, 3.8) is 0 Å². The van der Waals surface area contributed by atoms with E-state index in [2.05, 4.69) is 38.0 Å².